The van der Waals surface area contributed by atoms with E-state index < -0.39 is 10.0 Å². The molecule has 1 saturated carbocycles. The molecule has 0 bridgehead atoms. The van der Waals surface area contributed by atoms with Crippen molar-refractivity contribution in [1.82, 2.24) is 14.5 Å². The zero-order chi connectivity index (χ0) is 15.0. The Labute approximate surface area is 127 Å². The van der Waals surface area contributed by atoms with Crippen molar-refractivity contribution in [2.24, 2.45) is 5.92 Å². The van der Waals surface area contributed by atoms with E-state index in [1.165, 1.54) is 32.1 Å². The molecule has 6 heteroatoms. The molecule has 3 rings (SSSR count). The number of rotatable bonds is 3. The lowest BCUT2D eigenvalue weighted by Gasteiger charge is -2.33. The molecule has 2 aliphatic rings. The summed E-state index contributed by atoms with van der Waals surface area (Å²) in [4.78, 5) is 0.394. The van der Waals surface area contributed by atoms with E-state index in [0.717, 1.165) is 12.8 Å². The summed E-state index contributed by atoms with van der Waals surface area (Å²) in [5.41, 5.74) is 1.24. The molecular formula is C15H25N3O2S. The standard InChI is InChI=1S/C15H25N3O2S/c1-11-15(12(2)17-16-11)21(19,20)18-10-6-9-14(18)13-7-4-3-5-8-13/h13-14H,3-10H2,1-2H3,(H,16,17). The molecule has 1 N–H and O–H groups in total. The largest absolute Gasteiger partial charge is 0.281 e. The van der Waals surface area contributed by atoms with Gasteiger partial charge in [0.25, 0.3) is 0 Å². The fourth-order valence-electron chi connectivity index (χ4n) is 4.09. The second-order valence-corrected chi connectivity index (χ2v) is 8.31. The van der Waals surface area contributed by atoms with E-state index in [2.05, 4.69) is 10.2 Å². The van der Waals surface area contributed by atoms with Gasteiger partial charge in [-0.1, -0.05) is 19.3 Å². The molecule has 0 spiro atoms. The Morgan fingerprint density at radius 1 is 1.10 bits per heavy atom. The lowest BCUT2D eigenvalue weighted by molar-refractivity contribution is 0.226. The molecule has 118 valence electrons. The molecule has 1 aromatic heterocycles. The lowest BCUT2D eigenvalue weighted by Crippen LogP contribution is -2.41. The summed E-state index contributed by atoms with van der Waals surface area (Å²) in [7, 11) is -3.42. The van der Waals surface area contributed by atoms with Crippen LogP contribution in [-0.4, -0.2) is 35.5 Å². The van der Waals surface area contributed by atoms with E-state index in [1.807, 2.05) is 0 Å². The number of aromatic nitrogens is 2. The van der Waals surface area contributed by atoms with Gasteiger partial charge < -0.3 is 0 Å². The van der Waals surface area contributed by atoms with Gasteiger partial charge in [0.1, 0.15) is 4.90 Å². The number of sulfonamides is 1. The van der Waals surface area contributed by atoms with Gasteiger partial charge in [0.15, 0.2) is 0 Å². The van der Waals surface area contributed by atoms with Gasteiger partial charge in [-0.3, -0.25) is 5.10 Å². The third-order valence-corrected chi connectivity index (χ3v) is 7.26. The van der Waals surface area contributed by atoms with Crippen LogP contribution < -0.4 is 0 Å². The quantitative estimate of drug-likeness (QED) is 0.933. The summed E-state index contributed by atoms with van der Waals surface area (Å²) < 4.78 is 27.9. The smallest absolute Gasteiger partial charge is 0.246 e. The van der Waals surface area contributed by atoms with E-state index in [0.29, 0.717) is 28.7 Å². The Morgan fingerprint density at radius 3 is 2.43 bits per heavy atom. The van der Waals surface area contributed by atoms with Crippen LogP contribution in [0.3, 0.4) is 0 Å². The average Bonchev–Trinajstić information content (AvgIpc) is 3.07. The molecule has 0 amide bonds. The van der Waals surface area contributed by atoms with Crippen molar-refractivity contribution >= 4 is 10.0 Å². The minimum atomic E-state index is -3.42. The number of aryl methyl sites for hydroxylation is 2. The molecule has 1 aliphatic carbocycles. The molecule has 1 unspecified atom stereocenters. The average molecular weight is 311 g/mol. The van der Waals surface area contributed by atoms with Crippen molar-refractivity contribution < 1.29 is 8.42 Å². The van der Waals surface area contributed by atoms with Crippen LogP contribution in [0.2, 0.25) is 0 Å². The zero-order valence-electron chi connectivity index (χ0n) is 12.9. The second kappa shape index (κ2) is 5.72. The van der Waals surface area contributed by atoms with Crippen LogP contribution in [0.4, 0.5) is 0 Å². The van der Waals surface area contributed by atoms with Gasteiger partial charge in [0.2, 0.25) is 10.0 Å². The van der Waals surface area contributed by atoms with Crippen molar-refractivity contribution in [3.63, 3.8) is 0 Å². The summed E-state index contributed by atoms with van der Waals surface area (Å²) in [5, 5.41) is 6.87. The van der Waals surface area contributed by atoms with Gasteiger partial charge in [0, 0.05) is 12.6 Å². The molecule has 1 saturated heterocycles. The molecule has 2 heterocycles. The summed E-state index contributed by atoms with van der Waals surface area (Å²) in [6.07, 6.45) is 8.16. The summed E-state index contributed by atoms with van der Waals surface area (Å²) in [6.45, 7) is 4.22. The first-order chi connectivity index (χ1) is 10.0. The van der Waals surface area contributed by atoms with Crippen LogP contribution >= 0.6 is 0 Å². The summed E-state index contributed by atoms with van der Waals surface area (Å²) in [5.74, 6) is 0.545. The first-order valence-electron chi connectivity index (χ1n) is 8.05. The molecule has 1 atom stereocenters. The maximum absolute atomic E-state index is 13.1. The number of nitrogens with zero attached hydrogens (tertiary/aromatic N) is 2. The number of hydrogen-bond acceptors (Lipinski definition) is 3. The second-order valence-electron chi connectivity index (χ2n) is 6.49. The number of H-pyrrole nitrogens is 1. The molecule has 0 aromatic carbocycles. The van der Waals surface area contributed by atoms with E-state index >= 15 is 0 Å². The normalized spacial score (nSPS) is 25.5. The first-order valence-corrected chi connectivity index (χ1v) is 9.49. The monoisotopic (exact) mass is 311 g/mol. The highest BCUT2D eigenvalue weighted by atomic mass is 32.2. The van der Waals surface area contributed by atoms with Crippen molar-refractivity contribution in [1.29, 1.82) is 0 Å². The molecule has 5 nitrogen and oxygen atoms in total. The van der Waals surface area contributed by atoms with Gasteiger partial charge in [-0.2, -0.15) is 9.40 Å². The van der Waals surface area contributed by atoms with Gasteiger partial charge in [-0.25, -0.2) is 8.42 Å². The highest BCUT2D eigenvalue weighted by Crippen LogP contribution is 2.37. The highest BCUT2D eigenvalue weighted by Gasteiger charge is 2.41. The Hall–Kier alpha value is -0.880. The van der Waals surface area contributed by atoms with Gasteiger partial charge in [-0.15, -0.1) is 0 Å². The molecule has 21 heavy (non-hydrogen) atoms. The van der Waals surface area contributed by atoms with Crippen LogP contribution in [-0.2, 0) is 10.0 Å². The van der Waals surface area contributed by atoms with Crippen LogP contribution in [0, 0.1) is 19.8 Å². The zero-order valence-corrected chi connectivity index (χ0v) is 13.7. The fourth-order valence-corrected chi connectivity index (χ4v) is 6.18. The Balaban J connectivity index is 1.90. The van der Waals surface area contributed by atoms with Gasteiger partial charge in [-0.05, 0) is 45.4 Å². The molecule has 1 aliphatic heterocycles. The Morgan fingerprint density at radius 2 is 1.81 bits per heavy atom. The highest BCUT2D eigenvalue weighted by molar-refractivity contribution is 7.89. The third-order valence-electron chi connectivity index (χ3n) is 5.07. The Bertz CT molecular complexity index is 583. The van der Waals surface area contributed by atoms with Crippen molar-refractivity contribution in [2.45, 2.75) is 69.7 Å². The van der Waals surface area contributed by atoms with Crippen molar-refractivity contribution in [3.8, 4) is 0 Å². The predicted molar refractivity (Wildman–Crippen MR) is 81.6 cm³/mol. The van der Waals surface area contributed by atoms with Crippen molar-refractivity contribution in [2.75, 3.05) is 6.54 Å². The van der Waals surface area contributed by atoms with E-state index in [1.54, 1.807) is 18.2 Å². The minimum Gasteiger partial charge on any atom is -0.281 e. The molecular weight excluding hydrogens is 286 g/mol. The van der Waals surface area contributed by atoms with Crippen LogP contribution in [0.5, 0.6) is 0 Å². The number of aromatic amines is 1. The minimum absolute atomic E-state index is 0.198. The predicted octanol–water partition coefficient (Wildman–Crippen LogP) is 2.76. The fraction of sp³-hybridized carbons (Fsp3) is 0.800. The van der Waals surface area contributed by atoms with Gasteiger partial charge in [0.05, 0.1) is 11.4 Å². The number of nitrogens with one attached hydrogen (secondary N) is 1. The molecule has 1 aromatic rings. The van der Waals surface area contributed by atoms with E-state index in [-0.39, 0.29) is 6.04 Å². The van der Waals surface area contributed by atoms with Gasteiger partial charge >= 0.3 is 0 Å². The summed E-state index contributed by atoms with van der Waals surface area (Å²) in [6, 6.07) is 0.198. The lowest BCUT2D eigenvalue weighted by atomic mass is 9.83. The third kappa shape index (κ3) is 2.63. The first kappa shape index (κ1) is 15.0. The number of hydrogen-bond donors (Lipinski definition) is 1. The van der Waals surface area contributed by atoms with E-state index in [9.17, 15) is 8.42 Å². The van der Waals surface area contributed by atoms with Crippen LogP contribution in [0.15, 0.2) is 4.90 Å². The maximum atomic E-state index is 13.1. The topological polar surface area (TPSA) is 66.1 Å². The molecule has 2 fully saturated rings. The summed E-state index contributed by atoms with van der Waals surface area (Å²) >= 11 is 0. The maximum Gasteiger partial charge on any atom is 0.246 e. The van der Waals surface area contributed by atoms with Crippen LogP contribution in [0.1, 0.15) is 56.3 Å². The molecule has 0 radical (unpaired) electrons. The Kier molecular flexibility index (Phi) is 4.10. The van der Waals surface area contributed by atoms with E-state index in [4.69, 9.17) is 0 Å². The van der Waals surface area contributed by atoms with Crippen molar-refractivity contribution in [3.05, 3.63) is 11.4 Å². The van der Waals surface area contributed by atoms with Crippen LogP contribution in [0.25, 0.3) is 0 Å². The SMILES string of the molecule is Cc1n[nH]c(C)c1S(=O)(=O)N1CCCC1C1CCCCC1.